The molecule has 0 radical (unpaired) electrons. The molecule has 0 atom stereocenters. The smallest absolute Gasteiger partial charge is 0.144 e. The first-order valence-electron chi connectivity index (χ1n) is 22.6. The molecule has 12 aromatic rings. The first-order chi connectivity index (χ1) is 32.6. The minimum Gasteiger partial charge on any atom is -0.455 e. The predicted octanol–water partition coefficient (Wildman–Crippen LogP) is 16.4. The van der Waals surface area contributed by atoms with E-state index in [9.17, 15) is 0 Å². The van der Waals surface area contributed by atoms with Gasteiger partial charge in [0.05, 0.1) is 33.7 Å². The molecule has 66 heavy (non-hydrogen) atoms. The summed E-state index contributed by atoms with van der Waals surface area (Å²) < 4.78 is 9.14. The first kappa shape index (κ1) is 37.9. The highest BCUT2D eigenvalue weighted by atomic mass is 16.3. The molecule has 0 N–H and O–H groups in total. The molecule has 9 aromatic carbocycles. The van der Waals surface area contributed by atoms with Crippen molar-refractivity contribution >= 4 is 82.4 Å². The number of para-hydroxylation sites is 3. The minimum absolute atomic E-state index is 0.744. The van der Waals surface area contributed by atoms with Crippen molar-refractivity contribution in [3.8, 4) is 28.1 Å². The molecule has 3 aromatic heterocycles. The topological polar surface area (TPSA) is 43.3 Å². The average Bonchev–Trinajstić information content (AvgIpc) is 3.86. The maximum Gasteiger partial charge on any atom is 0.144 e. The fraction of sp³-hybridized carbons (Fsp3) is 0.0323. The molecule has 0 fully saturated rings. The maximum absolute atomic E-state index is 6.78. The molecule has 0 saturated heterocycles. The fourth-order valence-electron chi connectivity index (χ4n) is 10.2. The van der Waals surface area contributed by atoms with Crippen molar-refractivity contribution in [2.24, 2.45) is 4.99 Å². The van der Waals surface area contributed by atoms with Crippen molar-refractivity contribution in [3.05, 3.63) is 241 Å². The van der Waals surface area contributed by atoms with Crippen LogP contribution in [-0.2, 0) is 0 Å². The Balaban J connectivity index is 0.906. The van der Waals surface area contributed by atoms with Crippen molar-refractivity contribution in [2.75, 3.05) is 0 Å². The van der Waals surface area contributed by atoms with Gasteiger partial charge in [-0.15, -0.1) is 0 Å². The first-order valence-corrected chi connectivity index (χ1v) is 22.6. The van der Waals surface area contributed by atoms with Gasteiger partial charge in [-0.25, -0.2) is 4.98 Å². The van der Waals surface area contributed by atoms with Crippen molar-refractivity contribution in [1.29, 1.82) is 0 Å². The number of fused-ring (bicyclic) bond motifs is 10. The molecule has 4 heterocycles. The third-order valence-corrected chi connectivity index (χ3v) is 13.4. The van der Waals surface area contributed by atoms with E-state index in [1.165, 1.54) is 33.0 Å². The molecular formula is C62H41N3O. The monoisotopic (exact) mass is 843 g/mol. The van der Waals surface area contributed by atoms with Crippen LogP contribution in [0.3, 0.4) is 0 Å². The van der Waals surface area contributed by atoms with Crippen LogP contribution in [0.5, 0.6) is 0 Å². The van der Waals surface area contributed by atoms with Gasteiger partial charge in [0, 0.05) is 60.9 Å². The van der Waals surface area contributed by atoms with Gasteiger partial charge >= 0.3 is 0 Å². The Morgan fingerprint density at radius 1 is 0.455 bits per heavy atom. The van der Waals surface area contributed by atoms with Crippen LogP contribution in [0.1, 0.15) is 30.0 Å². The van der Waals surface area contributed by atoms with E-state index in [0.717, 1.165) is 106 Å². The van der Waals surface area contributed by atoms with Crippen molar-refractivity contribution in [2.45, 2.75) is 13.3 Å². The van der Waals surface area contributed by atoms with Crippen LogP contribution in [0.25, 0.3) is 105 Å². The van der Waals surface area contributed by atoms with Crippen LogP contribution in [0.15, 0.2) is 233 Å². The highest BCUT2D eigenvalue weighted by molar-refractivity contribution is 6.25. The SMILES string of the molecule is CC1=C(c2ccc(-c3ccc4oc5c(ccc6c(-c7ccccc7)nc7ccccc7c65)c4c3)cc2)C=C(c2ccc3c(c2)c2ccccc2n3-c2ccccc2)N=C(c2ccccc2)C1. The van der Waals surface area contributed by atoms with E-state index in [1.807, 2.05) is 6.07 Å². The van der Waals surface area contributed by atoms with Crippen LogP contribution in [0.4, 0.5) is 0 Å². The van der Waals surface area contributed by atoms with Gasteiger partial charge in [0.25, 0.3) is 0 Å². The molecular weight excluding hydrogens is 803 g/mol. The number of aliphatic imine (C=N–C) groups is 1. The summed E-state index contributed by atoms with van der Waals surface area (Å²) >= 11 is 0. The highest BCUT2D eigenvalue weighted by Gasteiger charge is 2.21. The summed E-state index contributed by atoms with van der Waals surface area (Å²) in [5, 5.41) is 7.89. The molecule has 13 rings (SSSR count). The van der Waals surface area contributed by atoms with Crippen molar-refractivity contribution < 1.29 is 4.42 Å². The Kier molecular flexibility index (Phi) is 8.78. The molecule has 1 aliphatic heterocycles. The van der Waals surface area contributed by atoms with Crippen LogP contribution in [-0.4, -0.2) is 15.3 Å². The van der Waals surface area contributed by atoms with Gasteiger partial charge in [-0.05, 0) is 95.4 Å². The van der Waals surface area contributed by atoms with Crippen LogP contribution < -0.4 is 0 Å². The van der Waals surface area contributed by atoms with Gasteiger partial charge in [0.2, 0.25) is 0 Å². The zero-order valence-corrected chi connectivity index (χ0v) is 36.2. The van der Waals surface area contributed by atoms with E-state index >= 15 is 0 Å². The molecule has 4 nitrogen and oxygen atoms in total. The standard InChI is InChI=1S/C62H41N3O/c1-39-35-55(42-15-5-2-6-16-42)63-56(45-29-33-58-52(37-45)47-21-12-14-24-57(47)65(58)46-19-9-4-10-20-46)38-51(39)41-27-25-40(26-28-41)44-30-34-59-53(36-44)48-31-32-50-60(62(48)66-59)49-22-11-13-23-54(49)64-61(50)43-17-7-3-8-18-43/h2-34,36-38H,35H2,1H3. The molecule has 0 bridgehead atoms. The van der Waals surface area contributed by atoms with Crippen LogP contribution in [0, 0.1) is 0 Å². The van der Waals surface area contributed by atoms with E-state index in [0.29, 0.717) is 0 Å². The van der Waals surface area contributed by atoms with Gasteiger partial charge in [0.15, 0.2) is 0 Å². The number of pyridine rings is 1. The van der Waals surface area contributed by atoms with Crippen LogP contribution >= 0.6 is 0 Å². The van der Waals surface area contributed by atoms with Gasteiger partial charge in [-0.2, -0.15) is 0 Å². The quantitative estimate of drug-likeness (QED) is 0.157. The molecule has 0 aliphatic carbocycles. The van der Waals surface area contributed by atoms with Crippen molar-refractivity contribution in [3.63, 3.8) is 0 Å². The average molecular weight is 844 g/mol. The van der Waals surface area contributed by atoms with Gasteiger partial charge in [-0.1, -0.05) is 163 Å². The summed E-state index contributed by atoms with van der Waals surface area (Å²) in [6.07, 6.45) is 3.04. The molecule has 0 unspecified atom stereocenters. The summed E-state index contributed by atoms with van der Waals surface area (Å²) in [6, 6.07) is 75.6. The Morgan fingerprint density at radius 3 is 1.88 bits per heavy atom. The number of hydrogen-bond acceptors (Lipinski definition) is 3. The lowest BCUT2D eigenvalue weighted by Gasteiger charge is -2.11. The third-order valence-electron chi connectivity index (χ3n) is 13.4. The van der Waals surface area contributed by atoms with E-state index in [4.69, 9.17) is 14.4 Å². The zero-order valence-electron chi connectivity index (χ0n) is 36.2. The number of rotatable bonds is 6. The molecule has 4 heteroatoms. The summed E-state index contributed by atoms with van der Waals surface area (Å²) in [7, 11) is 0. The summed E-state index contributed by atoms with van der Waals surface area (Å²) in [5.74, 6) is 0. The predicted molar refractivity (Wildman–Crippen MR) is 276 cm³/mol. The number of furan rings is 1. The molecule has 0 amide bonds. The molecule has 1 aliphatic rings. The maximum atomic E-state index is 6.78. The Hall–Kier alpha value is -8.60. The number of allylic oxidation sites excluding steroid dienone is 3. The van der Waals surface area contributed by atoms with E-state index < -0.39 is 0 Å². The second-order valence-corrected chi connectivity index (χ2v) is 17.3. The number of hydrogen-bond donors (Lipinski definition) is 0. The highest BCUT2D eigenvalue weighted by Crippen LogP contribution is 2.42. The summed E-state index contributed by atoms with van der Waals surface area (Å²) in [4.78, 5) is 10.6. The Morgan fingerprint density at radius 2 is 1.08 bits per heavy atom. The molecule has 310 valence electrons. The second-order valence-electron chi connectivity index (χ2n) is 17.3. The zero-order chi connectivity index (χ0) is 43.7. The minimum atomic E-state index is 0.744. The lowest BCUT2D eigenvalue weighted by atomic mass is 9.93. The number of benzene rings is 9. The lowest BCUT2D eigenvalue weighted by Crippen LogP contribution is -2.02. The normalized spacial score (nSPS) is 13.3. The van der Waals surface area contributed by atoms with Crippen molar-refractivity contribution in [1.82, 2.24) is 9.55 Å². The second kappa shape index (κ2) is 15.3. The Labute approximate surface area is 381 Å². The summed E-state index contributed by atoms with van der Waals surface area (Å²) in [6.45, 7) is 2.25. The summed E-state index contributed by atoms with van der Waals surface area (Å²) in [5.41, 5.74) is 18.4. The fourth-order valence-corrected chi connectivity index (χ4v) is 10.2. The van der Waals surface area contributed by atoms with Gasteiger partial charge in [-0.3, -0.25) is 4.99 Å². The van der Waals surface area contributed by atoms with Gasteiger partial charge in [0.1, 0.15) is 11.2 Å². The van der Waals surface area contributed by atoms with Gasteiger partial charge < -0.3 is 8.98 Å². The van der Waals surface area contributed by atoms with Crippen LogP contribution in [0.2, 0.25) is 0 Å². The Bertz CT molecular complexity index is 3990. The van der Waals surface area contributed by atoms with E-state index in [2.05, 4.69) is 224 Å². The number of nitrogens with zero attached hydrogens (tertiary/aromatic N) is 3. The molecule has 0 spiro atoms. The third kappa shape index (κ3) is 6.22. The number of aromatic nitrogens is 2. The van der Waals surface area contributed by atoms with E-state index in [-0.39, 0.29) is 0 Å². The lowest BCUT2D eigenvalue weighted by molar-refractivity contribution is 0.673. The molecule has 0 saturated carbocycles. The van der Waals surface area contributed by atoms with E-state index in [1.54, 1.807) is 0 Å². The largest absolute Gasteiger partial charge is 0.455 e.